The fourth-order valence-corrected chi connectivity index (χ4v) is 2.78. The van der Waals surface area contributed by atoms with Crippen molar-refractivity contribution in [3.63, 3.8) is 0 Å². The normalized spacial score (nSPS) is 11.3. The van der Waals surface area contributed by atoms with Crippen molar-refractivity contribution in [3.05, 3.63) is 6.92 Å². The molecule has 0 saturated heterocycles. The van der Waals surface area contributed by atoms with E-state index in [0.717, 1.165) is 6.42 Å². The molecule has 0 rings (SSSR count). The fraction of sp³-hybridized carbons (Fsp3) is 0.938. The van der Waals surface area contributed by atoms with Gasteiger partial charge >= 0.3 is 29.6 Å². The summed E-state index contributed by atoms with van der Waals surface area (Å²) in [6, 6.07) is 0. The van der Waals surface area contributed by atoms with E-state index in [1.54, 1.807) is 0 Å². The Hall–Kier alpha value is 1.00. The Bertz CT molecular complexity index is 121. The van der Waals surface area contributed by atoms with Gasteiger partial charge in [-0.3, -0.25) is 0 Å². The van der Waals surface area contributed by atoms with E-state index in [0.29, 0.717) is 5.41 Å². The monoisotopic (exact) mass is 248 g/mol. The van der Waals surface area contributed by atoms with Gasteiger partial charge in [0.05, 0.1) is 0 Å². The van der Waals surface area contributed by atoms with Crippen LogP contribution in [0.15, 0.2) is 0 Å². The Balaban J connectivity index is 0. The van der Waals surface area contributed by atoms with E-state index in [1.807, 2.05) is 0 Å². The van der Waals surface area contributed by atoms with Crippen molar-refractivity contribution in [3.8, 4) is 0 Å². The molecule has 0 aliphatic rings. The van der Waals surface area contributed by atoms with Crippen molar-refractivity contribution in [2.75, 3.05) is 0 Å². The molecule has 0 aliphatic carbocycles. The molecule has 0 atom stereocenters. The van der Waals surface area contributed by atoms with E-state index >= 15 is 0 Å². The number of unbranched alkanes of at least 4 members (excludes halogenated alkanes) is 3. The topological polar surface area (TPSA) is 0 Å². The predicted molar refractivity (Wildman–Crippen MR) is 75.6 cm³/mol. The Morgan fingerprint density at radius 1 is 0.706 bits per heavy atom. The van der Waals surface area contributed by atoms with Crippen LogP contribution in [0.5, 0.6) is 0 Å². The molecule has 0 aromatic heterocycles. The van der Waals surface area contributed by atoms with Crippen molar-refractivity contribution >= 4 is 0 Å². The van der Waals surface area contributed by atoms with Gasteiger partial charge in [-0.05, 0) is 24.7 Å². The van der Waals surface area contributed by atoms with Crippen LogP contribution in [-0.2, 0) is 0 Å². The smallest absolute Gasteiger partial charge is 0.343 e. The summed E-state index contributed by atoms with van der Waals surface area (Å²) < 4.78 is 0. The molecule has 98 valence electrons. The molecule has 0 saturated carbocycles. The molecule has 0 fully saturated rings. The van der Waals surface area contributed by atoms with E-state index in [-0.39, 0.29) is 29.6 Å². The van der Waals surface area contributed by atoms with Crippen LogP contribution in [0.1, 0.15) is 91.4 Å². The first-order chi connectivity index (χ1) is 7.74. The van der Waals surface area contributed by atoms with Crippen LogP contribution >= 0.6 is 0 Å². The minimum absolute atomic E-state index is 0. The van der Waals surface area contributed by atoms with Crippen molar-refractivity contribution in [2.45, 2.75) is 91.4 Å². The van der Waals surface area contributed by atoms with Crippen molar-refractivity contribution < 1.29 is 29.6 Å². The second kappa shape index (κ2) is 13.4. The molecule has 0 aromatic rings. The summed E-state index contributed by atoms with van der Waals surface area (Å²) in [4.78, 5) is 0. The van der Waals surface area contributed by atoms with Crippen LogP contribution in [0, 0.1) is 12.3 Å². The molecule has 0 spiro atoms. The average molecular weight is 248 g/mol. The SMILES string of the molecule is [CH2-]CCC(CCCC)(CCCC)CCCC.[Na+]. The predicted octanol–water partition coefficient (Wildman–Crippen LogP) is 3.16. The molecule has 0 unspecified atom stereocenters. The van der Waals surface area contributed by atoms with Crippen LogP contribution in [0.2, 0.25) is 0 Å². The van der Waals surface area contributed by atoms with Gasteiger partial charge in [-0.25, -0.2) is 0 Å². The zero-order valence-corrected chi connectivity index (χ0v) is 15.0. The third kappa shape index (κ3) is 9.56. The minimum Gasteiger partial charge on any atom is -0.343 e. The van der Waals surface area contributed by atoms with Gasteiger partial charge in [-0.15, -0.1) is 0 Å². The van der Waals surface area contributed by atoms with Gasteiger partial charge in [0.2, 0.25) is 0 Å². The molecule has 0 aromatic carbocycles. The fourth-order valence-electron chi connectivity index (χ4n) is 2.78. The molecule has 0 aliphatic heterocycles. The Labute approximate surface area is 133 Å². The van der Waals surface area contributed by atoms with E-state index in [9.17, 15) is 0 Å². The van der Waals surface area contributed by atoms with Crippen LogP contribution < -0.4 is 29.6 Å². The molecule has 0 bridgehead atoms. The van der Waals surface area contributed by atoms with Gasteiger partial charge in [0, 0.05) is 0 Å². The average Bonchev–Trinajstić information content (AvgIpc) is 2.31. The van der Waals surface area contributed by atoms with Crippen LogP contribution in [0.3, 0.4) is 0 Å². The largest absolute Gasteiger partial charge is 1.00 e. The Morgan fingerprint density at radius 3 is 1.29 bits per heavy atom. The number of rotatable bonds is 11. The summed E-state index contributed by atoms with van der Waals surface area (Å²) in [5.74, 6) is 0. The van der Waals surface area contributed by atoms with Gasteiger partial charge in [-0.2, -0.15) is 6.42 Å². The quantitative estimate of drug-likeness (QED) is 0.389. The van der Waals surface area contributed by atoms with E-state index in [1.165, 1.54) is 64.2 Å². The molecule has 0 amide bonds. The first-order valence-electron chi connectivity index (χ1n) is 7.54. The van der Waals surface area contributed by atoms with Crippen molar-refractivity contribution in [1.82, 2.24) is 0 Å². The van der Waals surface area contributed by atoms with E-state index in [2.05, 4.69) is 27.7 Å². The van der Waals surface area contributed by atoms with Crippen LogP contribution in [0.25, 0.3) is 0 Å². The van der Waals surface area contributed by atoms with E-state index in [4.69, 9.17) is 0 Å². The summed E-state index contributed by atoms with van der Waals surface area (Å²) in [7, 11) is 0. The van der Waals surface area contributed by atoms with Crippen LogP contribution in [-0.4, -0.2) is 0 Å². The number of hydrogen-bond donors (Lipinski definition) is 0. The van der Waals surface area contributed by atoms with E-state index < -0.39 is 0 Å². The van der Waals surface area contributed by atoms with Gasteiger partial charge in [0.25, 0.3) is 0 Å². The van der Waals surface area contributed by atoms with Crippen molar-refractivity contribution in [1.29, 1.82) is 0 Å². The maximum absolute atomic E-state index is 4.09. The second-order valence-corrected chi connectivity index (χ2v) is 5.41. The molecule has 0 N–H and O–H groups in total. The molecular weight excluding hydrogens is 215 g/mol. The summed E-state index contributed by atoms with van der Waals surface area (Å²) >= 11 is 0. The summed E-state index contributed by atoms with van der Waals surface area (Å²) in [6.07, 6.45) is 15.1. The third-order valence-corrected chi connectivity index (χ3v) is 3.89. The Morgan fingerprint density at radius 2 is 1.06 bits per heavy atom. The molecule has 1 heteroatoms. The maximum Gasteiger partial charge on any atom is 1.00 e. The zero-order valence-electron chi connectivity index (χ0n) is 13.0. The molecule has 0 heterocycles. The zero-order chi connectivity index (χ0) is 12.3. The molecule has 17 heavy (non-hydrogen) atoms. The first kappa shape index (κ1) is 20.3. The molecule has 0 radical (unpaired) electrons. The van der Waals surface area contributed by atoms with Crippen molar-refractivity contribution in [2.24, 2.45) is 5.41 Å². The van der Waals surface area contributed by atoms with Gasteiger partial charge in [0.15, 0.2) is 0 Å². The summed E-state index contributed by atoms with van der Waals surface area (Å²) in [6.45, 7) is 11.0. The maximum atomic E-state index is 4.09. The molecular formula is C16H33Na. The number of hydrogen-bond acceptors (Lipinski definition) is 0. The molecule has 0 nitrogen and oxygen atoms in total. The van der Waals surface area contributed by atoms with Gasteiger partial charge < -0.3 is 6.92 Å². The van der Waals surface area contributed by atoms with Gasteiger partial charge in [0.1, 0.15) is 0 Å². The standard InChI is InChI=1S/C16H33.Na/c1-5-9-13-16(12-8-4,14-10-6-2)15-11-7-3;/h4-15H2,1-3H3;/q-1;+1. The third-order valence-electron chi connectivity index (χ3n) is 3.89. The second-order valence-electron chi connectivity index (χ2n) is 5.41. The summed E-state index contributed by atoms with van der Waals surface area (Å²) in [5, 5.41) is 0. The minimum atomic E-state index is 0. The Kier molecular flexibility index (Phi) is 16.1. The first-order valence-corrected chi connectivity index (χ1v) is 7.54. The van der Waals surface area contributed by atoms with Gasteiger partial charge in [-0.1, -0.05) is 65.7 Å². The van der Waals surface area contributed by atoms with Crippen LogP contribution in [0.4, 0.5) is 0 Å². The summed E-state index contributed by atoms with van der Waals surface area (Å²) in [5.41, 5.74) is 0.643.